The highest BCUT2D eigenvalue weighted by Crippen LogP contribution is 2.45. The van der Waals surface area contributed by atoms with E-state index in [1.807, 2.05) is 0 Å². The molecule has 2 fully saturated rings. The number of rotatable bonds is 12. The van der Waals surface area contributed by atoms with Crippen molar-refractivity contribution in [3.05, 3.63) is 85.3 Å². The Bertz CT molecular complexity index is 1710. The summed E-state index contributed by atoms with van der Waals surface area (Å²) in [6, 6.07) is 10.9. The number of anilines is 1. The van der Waals surface area contributed by atoms with Crippen LogP contribution in [0.25, 0.3) is 5.69 Å². The number of nitro groups is 1. The van der Waals surface area contributed by atoms with Crippen molar-refractivity contribution >= 4 is 39.1 Å². The van der Waals surface area contributed by atoms with Gasteiger partial charge in [0.1, 0.15) is 17.3 Å². The molecule has 2 aromatic carbocycles. The second-order valence-corrected chi connectivity index (χ2v) is 13.8. The molecule has 3 aromatic rings. The lowest BCUT2D eigenvalue weighted by Crippen LogP contribution is -2.55. The second-order valence-electron chi connectivity index (χ2n) is 11.2. The van der Waals surface area contributed by atoms with Crippen LogP contribution < -0.4 is 20.5 Å². The Balaban J connectivity index is 1.50. The number of sulfone groups is 1. The molecular weight excluding hydrogens is 598 g/mol. The summed E-state index contributed by atoms with van der Waals surface area (Å²) in [5, 5.41) is 18.5. The van der Waals surface area contributed by atoms with E-state index in [0.29, 0.717) is 35.7 Å². The summed E-state index contributed by atoms with van der Waals surface area (Å²) in [6.07, 6.45) is 4.34. The zero-order valence-electron chi connectivity index (χ0n) is 23.6. The summed E-state index contributed by atoms with van der Waals surface area (Å²) in [7, 11) is -3.96. The Morgan fingerprint density at radius 1 is 1.26 bits per heavy atom. The third-order valence-electron chi connectivity index (χ3n) is 7.80. The van der Waals surface area contributed by atoms with Crippen LogP contribution in [0.5, 0.6) is 5.75 Å². The lowest BCUT2D eigenvalue weighted by Gasteiger charge is -2.37. The van der Waals surface area contributed by atoms with Gasteiger partial charge in [-0.3, -0.25) is 14.9 Å². The average molecular weight is 630 g/mol. The highest BCUT2D eigenvalue weighted by molar-refractivity contribution is 7.91. The third kappa shape index (κ3) is 6.89. The smallest absolute Gasteiger partial charge is 0.316 e. The number of aryl methyl sites for hydroxylation is 1. The molecule has 1 N–H and O–H groups in total. The van der Waals surface area contributed by atoms with Crippen molar-refractivity contribution in [3.8, 4) is 11.4 Å². The van der Waals surface area contributed by atoms with Crippen LogP contribution >= 0.6 is 11.6 Å². The van der Waals surface area contributed by atoms with Crippen LogP contribution in [0.1, 0.15) is 37.3 Å². The predicted molar refractivity (Wildman–Crippen MR) is 162 cm³/mol. The average Bonchev–Trinajstić information content (AvgIpc) is 3.72. The lowest BCUT2D eigenvalue weighted by atomic mass is 10.1. The summed E-state index contributed by atoms with van der Waals surface area (Å²) >= 11 is 6.16. The summed E-state index contributed by atoms with van der Waals surface area (Å²) < 4.78 is 35.1. The number of aromatic nitrogens is 2. The standard InChI is InChI=1S/C29H32ClN5O7S/c1-29(9-10-29)19-42-27-25(16-32-34(28(27)37)23-6-2-5-22(30)15-23)33-12-11-31-17-26(33)43(40,41)18-20-7-8-21(4-3-13-36)24(14-20)35(38)39/h2,5-8,13-16,26,31H,3-4,9-12,17-19H2,1H3. The second kappa shape index (κ2) is 12.4. The highest BCUT2D eigenvalue weighted by Gasteiger charge is 2.40. The van der Waals surface area contributed by atoms with E-state index in [1.54, 1.807) is 29.2 Å². The topological polar surface area (TPSA) is 154 Å². The van der Waals surface area contributed by atoms with Gasteiger partial charge in [-0.1, -0.05) is 36.7 Å². The first kappa shape index (κ1) is 30.6. The maximum Gasteiger partial charge on any atom is 0.316 e. The molecular formula is C29H32ClN5O7S. The Morgan fingerprint density at radius 3 is 2.74 bits per heavy atom. The molecule has 0 spiro atoms. The number of hydrogen-bond donors (Lipinski definition) is 1. The monoisotopic (exact) mass is 629 g/mol. The number of nitro benzene ring substituents is 1. The van der Waals surface area contributed by atoms with Crippen molar-refractivity contribution in [2.45, 2.75) is 43.7 Å². The molecule has 1 aliphatic carbocycles. The van der Waals surface area contributed by atoms with Crippen LogP contribution in [0.15, 0.2) is 53.5 Å². The van der Waals surface area contributed by atoms with E-state index in [2.05, 4.69) is 17.3 Å². The molecule has 228 valence electrons. The number of carbonyl (C=O) groups is 1. The minimum Gasteiger partial charge on any atom is -0.486 e. The number of carbonyl (C=O) groups excluding carboxylic acids is 1. The van der Waals surface area contributed by atoms with Crippen LogP contribution in [-0.2, 0) is 26.8 Å². The van der Waals surface area contributed by atoms with E-state index in [9.17, 15) is 28.1 Å². The molecule has 2 aliphatic rings. The molecule has 1 atom stereocenters. The van der Waals surface area contributed by atoms with E-state index >= 15 is 0 Å². The van der Waals surface area contributed by atoms with Crippen molar-refractivity contribution in [1.29, 1.82) is 0 Å². The fourth-order valence-corrected chi connectivity index (χ4v) is 7.06. The van der Waals surface area contributed by atoms with Gasteiger partial charge in [-0.05, 0) is 43.0 Å². The van der Waals surface area contributed by atoms with Gasteiger partial charge in [-0.2, -0.15) is 9.78 Å². The van der Waals surface area contributed by atoms with E-state index in [1.165, 1.54) is 29.1 Å². The van der Waals surface area contributed by atoms with Gasteiger partial charge in [0.15, 0.2) is 9.84 Å². The van der Waals surface area contributed by atoms with Crippen LogP contribution in [0.3, 0.4) is 0 Å². The molecule has 12 nitrogen and oxygen atoms in total. The van der Waals surface area contributed by atoms with Crippen LogP contribution in [-0.4, -0.2) is 61.0 Å². The molecule has 1 unspecified atom stereocenters. The zero-order chi connectivity index (χ0) is 30.8. The lowest BCUT2D eigenvalue weighted by molar-refractivity contribution is -0.385. The quantitative estimate of drug-likeness (QED) is 0.179. The first-order valence-corrected chi connectivity index (χ1v) is 16.0. The van der Waals surface area contributed by atoms with Gasteiger partial charge in [0.05, 0.1) is 29.2 Å². The highest BCUT2D eigenvalue weighted by atomic mass is 35.5. The molecule has 1 aliphatic heterocycles. The summed E-state index contributed by atoms with van der Waals surface area (Å²) in [5.41, 5.74) is 0.477. The molecule has 0 amide bonds. The normalized spacial score (nSPS) is 17.8. The third-order valence-corrected chi connectivity index (χ3v) is 10.0. The number of hydrogen-bond acceptors (Lipinski definition) is 10. The maximum absolute atomic E-state index is 13.9. The van der Waals surface area contributed by atoms with E-state index in [-0.39, 0.29) is 54.0 Å². The first-order valence-electron chi connectivity index (χ1n) is 13.9. The Hall–Kier alpha value is -3.81. The van der Waals surface area contributed by atoms with Gasteiger partial charge in [0.25, 0.3) is 5.69 Å². The van der Waals surface area contributed by atoms with Gasteiger partial charge in [-0.15, -0.1) is 0 Å². The maximum atomic E-state index is 13.9. The fourth-order valence-electron chi connectivity index (χ4n) is 5.06. The van der Waals surface area contributed by atoms with Gasteiger partial charge >= 0.3 is 5.56 Å². The number of nitrogens with zero attached hydrogens (tertiary/aromatic N) is 4. The minimum absolute atomic E-state index is 0.000342. The zero-order valence-corrected chi connectivity index (χ0v) is 25.1. The van der Waals surface area contributed by atoms with Gasteiger partial charge in [0, 0.05) is 48.1 Å². The molecule has 1 aromatic heterocycles. The van der Waals surface area contributed by atoms with Crippen LogP contribution in [0.2, 0.25) is 5.02 Å². The van der Waals surface area contributed by atoms with Crippen molar-refractivity contribution < 1.29 is 22.9 Å². The number of nitrogens with one attached hydrogen (secondary N) is 1. The fraction of sp³-hybridized carbons (Fsp3) is 0.414. The number of halogens is 1. The minimum atomic E-state index is -3.96. The van der Waals surface area contributed by atoms with Crippen molar-refractivity contribution in [2.75, 3.05) is 31.1 Å². The number of aldehydes is 1. The van der Waals surface area contributed by atoms with Crippen molar-refractivity contribution in [2.24, 2.45) is 5.41 Å². The molecule has 2 heterocycles. The Kier molecular flexibility index (Phi) is 8.86. The van der Waals surface area contributed by atoms with E-state index < -0.39 is 31.4 Å². The van der Waals surface area contributed by atoms with Crippen LogP contribution in [0, 0.1) is 15.5 Å². The first-order chi connectivity index (χ1) is 20.5. The molecule has 43 heavy (non-hydrogen) atoms. The summed E-state index contributed by atoms with van der Waals surface area (Å²) in [5.74, 6) is -0.466. The Labute approximate surface area is 253 Å². The van der Waals surface area contributed by atoms with Gasteiger partial charge in [0.2, 0.25) is 5.75 Å². The predicted octanol–water partition coefficient (Wildman–Crippen LogP) is 3.46. The van der Waals surface area contributed by atoms with Crippen LogP contribution in [0.4, 0.5) is 11.4 Å². The van der Waals surface area contributed by atoms with Gasteiger partial charge in [-0.25, -0.2) is 8.42 Å². The molecule has 5 rings (SSSR count). The van der Waals surface area contributed by atoms with Crippen molar-refractivity contribution in [3.63, 3.8) is 0 Å². The van der Waals surface area contributed by atoms with E-state index in [0.717, 1.165) is 12.8 Å². The van der Waals surface area contributed by atoms with Gasteiger partial charge < -0.3 is 19.7 Å². The SMILES string of the molecule is CC1(COc2c(N3CCNCC3S(=O)(=O)Cc3ccc(CCC=O)c([N+](=O)[O-])c3)cnn(-c3cccc(Cl)c3)c2=O)CC1. The number of benzene rings is 2. The molecule has 0 bridgehead atoms. The molecule has 1 saturated carbocycles. The van der Waals surface area contributed by atoms with E-state index in [4.69, 9.17) is 16.3 Å². The summed E-state index contributed by atoms with van der Waals surface area (Å²) in [6.45, 7) is 3.13. The molecule has 1 saturated heterocycles. The number of ether oxygens (including phenoxy) is 1. The Morgan fingerprint density at radius 2 is 2.05 bits per heavy atom. The summed E-state index contributed by atoms with van der Waals surface area (Å²) in [4.78, 5) is 37.3. The number of piperazine rings is 1. The largest absolute Gasteiger partial charge is 0.486 e. The molecule has 0 radical (unpaired) electrons. The molecule has 14 heteroatoms. The van der Waals surface area contributed by atoms with Crippen molar-refractivity contribution in [1.82, 2.24) is 15.1 Å².